The molecule has 134 valence electrons. The topological polar surface area (TPSA) is 41.9 Å². The molecule has 0 radical (unpaired) electrons. The monoisotopic (exact) mass is 325 g/mol. The molecule has 1 aliphatic heterocycles. The summed E-state index contributed by atoms with van der Waals surface area (Å²) in [6.07, 6.45) is 4.28. The molecule has 1 heterocycles. The van der Waals surface area contributed by atoms with Crippen molar-refractivity contribution in [3.05, 3.63) is 0 Å². The van der Waals surface area contributed by atoms with E-state index in [2.05, 4.69) is 39.5 Å². The van der Waals surface area contributed by atoms with E-state index in [0.717, 1.165) is 19.0 Å². The van der Waals surface area contributed by atoms with E-state index in [9.17, 15) is 5.11 Å². The molecule has 0 spiro atoms. The van der Waals surface area contributed by atoms with Crippen LogP contribution >= 0.6 is 0 Å². The molecule has 2 aliphatic carbocycles. The molecular formula is C19H35NO3. The van der Waals surface area contributed by atoms with Gasteiger partial charge in [-0.3, -0.25) is 4.90 Å². The lowest BCUT2D eigenvalue weighted by atomic mass is 9.70. The maximum absolute atomic E-state index is 10.5. The Morgan fingerprint density at radius 1 is 1.22 bits per heavy atom. The van der Waals surface area contributed by atoms with Crippen molar-refractivity contribution in [1.29, 1.82) is 0 Å². The van der Waals surface area contributed by atoms with Crippen molar-refractivity contribution in [2.24, 2.45) is 16.7 Å². The fourth-order valence-electron chi connectivity index (χ4n) is 5.66. The third-order valence-corrected chi connectivity index (χ3v) is 6.56. The first-order valence-corrected chi connectivity index (χ1v) is 9.38. The van der Waals surface area contributed by atoms with Gasteiger partial charge in [0.1, 0.15) is 0 Å². The van der Waals surface area contributed by atoms with Gasteiger partial charge in [-0.1, -0.05) is 20.8 Å². The number of rotatable bonds is 5. The molecule has 0 aromatic carbocycles. The maximum Gasteiger partial charge on any atom is 0.0900 e. The van der Waals surface area contributed by atoms with E-state index >= 15 is 0 Å². The first kappa shape index (κ1) is 17.7. The minimum atomic E-state index is -0.411. The Bertz CT molecular complexity index is 412. The zero-order valence-electron chi connectivity index (χ0n) is 15.5. The first-order valence-electron chi connectivity index (χ1n) is 9.38. The summed E-state index contributed by atoms with van der Waals surface area (Å²) in [5.74, 6) is 0.788. The summed E-state index contributed by atoms with van der Waals surface area (Å²) in [6.45, 7) is 14.2. The summed E-state index contributed by atoms with van der Waals surface area (Å²) in [7, 11) is 0. The van der Waals surface area contributed by atoms with E-state index in [-0.39, 0.29) is 23.7 Å². The highest BCUT2D eigenvalue weighted by Gasteiger charge is 2.60. The quantitative estimate of drug-likeness (QED) is 0.844. The molecule has 3 rings (SSSR count). The summed E-state index contributed by atoms with van der Waals surface area (Å²) in [4.78, 5) is 2.31. The van der Waals surface area contributed by atoms with Gasteiger partial charge in [-0.15, -0.1) is 0 Å². The third kappa shape index (κ3) is 3.46. The zero-order chi connectivity index (χ0) is 16.8. The standard InChI is InChI=1S/C19H35NO3/c1-13-9-20(10-14(2)23-13)11-16(21)12-22-17-18(3,4)15-6-7-19(17,5)8-15/h13-17,21H,6-12H2,1-5H3/t13-,14-,15-,16+,17-,19-/m1/s1. The SMILES string of the molecule is C[C@@H]1CN(C[C@H](O)CO[C@@H]2C(C)(C)[C@@H]3CC[C@]2(C)C3)C[C@@H](C)O1. The van der Waals surface area contributed by atoms with Gasteiger partial charge in [0.15, 0.2) is 0 Å². The van der Waals surface area contributed by atoms with Crippen LogP contribution in [0.15, 0.2) is 0 Å². The average Bonchev–Trinajstić information content (AvgIpc) is 2.88. The fraction of sp³-hybridized carbons (Fsp3) is 1.00. The van der Waals surface area contributed by atoms with Crippen molar-refractivity contribution >= 4 is 0 Å². The summed E-state index contributed by atoms with van der Waals surface area (Å²) in [5.41, 5.74) is 0.560. The molecule has 2 bridgehead atoms. The number of aliphatic hydroxyl groups excluding tert-OH is 1. The van der Waals surface area contributed by atoms with Gasteiger partial charge in [-0.2, -0.15) is 0 Å². The van der Waals surface area contributed by atoms with Crippen LogP contribution in [0.5, 0.6) is 0 Å². The Kier molecular flexibility index (Phi) is 4.83. The number of nitrogens with zero attached hydrogens (tertiary/aromatic N) is 1. The van der Waals surface area contributed by atoms with Gasteiger partial charge in [0.25, 0.3) is 0 Å². The van der Waals surface area contributed by atoms with E-state index in [1.807, 2.05) is 0 Å². The van der Waals surface area contributed by atoms with Crippen LogP contribution in [-0.2, 0) is 9.47 Å². The normalized spacial score (nSPS) is 44.6. The lowest BCUT2D eigenvalue weighted by Gasteiger charge is -2.43. The Morgan fingerprint density at radius 2 is 1.87 bits per heavy atom. The molecule has 23 heavy (non-hydrogen) atoms. The molecule has 0 aromatic heterocycles. The Labute approximate surface area is 141 Å². The average molecular weight is 325 g/mol. The minimum absolute atomic E-state index is 0.245. The molecule has 0 aromatic rings. The van der Waals surface area contributed by atoms with Crippen molar-refractivity contribution in [2.45, 2.75) is 78.3 Å². The maximum atomic E-state index is 10.5. The number of fused-ring (bicyclic) bond motifs is 2. The lowest BCUT2D eigenvalue weighted by Crippen LogP contribution is -2.49. The van der Waals surface area contributed by atoms with E-state index in [0.29, 0.717) is 18.6 Å². The predicted octanol–water partition coefficient (Wildman–Crippen LogP) is 2.69. The van der Waals surface area contributed by atoms with Crippen LogP contribution in [0.4, 0.5) is 0 Å². The molecule has 4 heteroatoms. The largest absolute Gasteiger partial charge is 0.389 e. The summed E-state index contributed by atoms with van der Waals surface area (Å²) in [6, 6.07) is 0. The van der Waals surface area contributed by atoms with Crippen molar-refractivity contribution in [2.75, 3.05) is 26.2 Å². The molecule has 1 N–H and O–H groups in total. The summed E-state index contributed by atoms with van der Waals surface area (Å²) in [5, 5.41) is 10.5. The van der Waals surface area contributed by atoms with Gasteiger partial charge in [-0.05, 0) is 49.9 Å². The molecule has 1 saturated heterocycles. The number of hydrogen-bond acceptors (Lipinski definition) is 4. The number of morpholine rings is 1. The third-order valence-electron chi connectivity index (χ3n) is 6.56. The molecule has 3 fully saturated rings. The number of ether oxygens (including phenoxy) is 2. The van der Waals surface area contributed by atoms with Gasteiger partial charge in [-0.25, -0.2) is 0 Å². The van der Waals surface area contributed by atoms with Crippen LogP contribution in [0.3, 0.4) is 0 Å². The van der Waals surface area contributed by atoms with Crippen LogP contribution < -0.4 is 0 Å². The summed E-state index contributed by atoms with van der Waals surface area (Å²) < 4.78 is 12.1. The molecule has 0 amide bonds. The van der Waals surface area contributed by atoms with Crippen LogP contribution in [0.1, 0.15) is 53.9 Å². The first-order chi connectivity index (χ1) is 10.7. The van der Waals surface area contributed by atoms with Crippen molar-refractivity contribution in [1.82, 2.24) is 4.90 Å². The molecule has 0 unspecified atom stereocenters. The molecule has 4 nitrogen and oxygen atoms in total. The molecule has 2 saturated carbocycles. The highest BCUT2D eigenvalue weighted by atomic mass is 16.5. The van der Waals surface area contributed by atoms with Gasteiger partial charge in [0, 0.05) is 19.6 Å². The lowest BCUT2D eigenvalue weighted by molar-refractivity contribution is -0.121. The van der Waals surface area contributed by atoms with Crippen LogP contribution in [0, 0.1) is 16.7 Å². The minimum Gasteiger partial charge on any atom is -0.389 e. The van der Waals surface area contributed by atoms with Crippen molar-refractivity contribution < 1.29 is 14.6 Å². The Balaban J connectivity index is 1.50. The van der Waals surface area contributed by atoms with E-state index < -0.39 is 6.10 Å². The fourth-order valence-corrected chi connectivity index (χ4v) is 5.66. The number of hydrogen-bond donors (Lipinski definition) is 1. The van der Waals surface area contributed by atoms with Gasteiger partial charge in [0.2, 0.25) is 0 Å². The van der Waals surface area contributed by atoms with Crippen LogP contribution in [-0.4, -0.2) is 60.7 Å². The number of aliphatic hydroxyl groups is 1. The van der Waals surface area contributed by atoms with E-state index in [1.165, 1.54) is 19.3 Å². The second kappa shape index (κ2) is 6.29. The highest BCUT2D eigenvalue weighted by Crippen LogP contribution is 2.63. The van der Waals surface area contributed by atoms with Gasteiger partial charge < -0.3 is 14.6 Å². The summed E-state index contributed by atoms with van der Waals surface area (Å²) >= 11 is 0. The van der Waals surface area contributed by atoms with Crippen molar-refractivity contribution in [3.63, 3.8) is 0 Å². The van der Waals surface area contributed by atoms with Gasteiger partial charge in [0.05, 0.1) is 31.0 Å². The Hall–Kier alpha value is -0.160. The van der Waals surface area contributed by atoms with Crippen molar-refractivity contribution in [3.8, 4) is 0 Å². The Morgan fingerprint density at radius 3 is 2.43 bits per heavy atom. The van der Waals surface area contributed by atoms with E-state index in [4.69, 9.17) is 9.47 Å². The van der Waals surface area contributed by atoms with Crippen LogP contribution in [0.25, 0.3) is 0 Å². The highest BCUT2D eigenvalue weighted by molar-refractivity contribution is 5.09. The molecule has 6 atom stereocenters. The molecule has 3 aliphatic rings. The molecular weight excluding hydrogens is 290 g/mol. The predicted molar refractivity (Wildman–Crippen MR) is 91.4 cm³/mol. The van der Waals surface area contributed by atoms with Crippen LogP contribution in [0.2, 0.25) is 0 Å². The van der Waals surface area contributed by atoms with E-state index in [1.54, 1.807) is 0 Å². The number of β-amino-alcohol motifs (C(OH)–C–C–N with tert-alkyl or cyclic N) is 1. The second-order valence-electron chi connectivity index (χ2n) is 9.26. The second-order valence-corrected chi connectivity index (χ2v) is 9.26. The zero-order valence-corrected chi connectivity index (χ0v) is 15.5. The van der Waals surface area contributed by atoms with Gasteiger partial charge >= 0.3 is 0 Å². The smallest absolute Gasteiger partial charge is 0.0900 e.